The number of nitrogens with zero attached hydrogens (tertiary/aromatic N) is 2. The zero-order valence-electron chi connectivity index (χ0n) is 13.3. The smallest absolute Gasteiger partial charge is 0.237 e. The molecule has 3 heterocycles. The molecule has 132 valence electrons. The van der Waals surface area contributed by atoms with Crippen LogP contribution < -0.4 is 10.6 Å². The van der Waals surface area contributed by atoms with Crippen molar-refractivity contribution < 1.29 is 13.2 Å². The molecule has 7 nitrogen and oxygen atoms in total. The third kappa shape index (κ3) is 4.08. The number of amides is 1. The van der Waals surface area contributed by atoms with Crippen LogP contribution in [-0.4, -0.2) is 66.0 Å². The van der Waals surface area contributed by atoms with Gasteiger partial charge in [-0.05, 0) is 24.1 Å². The topological polar surface area (TPSA) is 91.4 Å². The number of nitrogens with one attached hydrogen (secondary N) is 2. The number of rotatable bonds is 5. The summed E-state index contributed by atoms with van der Waals surface area (Å²) >= 11 is 1.78. The Bertz CT molecular complexity index is 663. The second-order valence-corrected chi connectivity index (χ2v) is 9.39. The molecule has 0 aromatic carbocycles. The Balaban J connectivity index is 1.53. The zero-order valence-corrected chi connectivity index (χ0v) is 15.0. The maximum atomic E-state index is 12.7. The Morgan fingerprint density at radius 1 is 1.33 bits per heavy atom. The number of carbonyl (C=O) groups is 1. The number of hydrogen-bond donors (Lipinski definition) is 2. The molecule has 2 fully saturated rings. The predicted molar refractivity (Wildman–Crippen MR) is 94.1 cm³/mol. The molecule has 1 aromatic rings. The molecule has 1 amide bonds. The summed E-state index contributed by atoms with van der Waals surface area (Å²) in [4.78, 5) is 16.2. The van der Waals surface area contributed by atoms with Gasteiger partial charge in [-0.15, -0.1) is 0 Å². The lowest BCUT2D eigenvalue weighted by molar-refractivity contribution is -0.122. The van der Waals surface area contributed by atoms with E-state index in [-0.39, 0.29) is 5.91 Å². The van der Waals surface area contributed by atoms with E-state index >= 15 is 0 Å². The highest BCUT2D eigenvalue weighted by Gasteiger charge is 2.40. The molecule has 2 aliphatic heterocycles. The SMILES string of the molecule is O=C(NCc1ccncc1)C1CC(S(=O)(=O)N2CCSCC2)CN1. The Kier molecular flexibility index (Phi) is 5.75. The first-order valence-electron chi connectivity index (χ1n) is 8.04. The predicted octanol–water partition coefficient (Wildman–Crippen LogP) is -0.193. The monoisotopic (exact) mass is 370 g/mol. The molecule has 0 radical (unpaired) electrons. The highest BCUT2D eigenvalue weighted by molar-refractivity contribution is 7.99. The van der Waals surface area contributed by atoms with E-state index in [0.717, 1.165) is 17.1 Å². The van der Waals surface area contributed by atoms with Crippen molar-refractivity contribution in [2.45, 2.75) is 24.3 Å². The van der Waals surface area contributed by atoms with Gasteiger partial charge in [-0.1, -0.05) is 0 Å². The van der Waals surface area contributed by atoms with Gasteiger partial charge in [0, 0.05) is 50.1 Å². The van der Waals surface area contributed by atoms with Gasteiger partial charge in [0.2, 0.25) is 15.9 Å². The van der Waals surface area contributed by atoms with Gasteiger partial charge in [-0.3, -0.25) is 9.78 Å². The van der Waals surface area contributed by atoms with Crippen LogP contribution in [0, 0.1) is 0 Å². The number of carbonyl (C=O) groups excluding carboxylic acids is 1. The molecule has 24 heavy (non-hydrogen) atoms. The van der Waals surface area contributed by atoms with Gasteiger partial charge in [-0.2, -0.15) is 16.1 Å². The molecule has 1 aromatic heterocycles. The summed E-state index contributed by atoms with van der Waals surface area (Å²) in [5, 5.41) is 5.39. The number of pyridine rings is 1. The molecule has 9 heteroatoms. The van der Waals surface area contributed by atoms with Crippen molar-refractivity contribution in [1.82, 2.24) is 19.9 Å². The van der Waals surface area contributed by atoms with Crippen molar-refractivity contribution in [3.05, 3.63) is 30.1 Å². The minimum Gasteiger partial charge on any atom is -0.351 e. The fourth-order valence-corrected chi connectivity index (χ4v) is 5.94. The first-order valence-corrected chi connectivity index (χ1v) is 10.7. The van der Waals surface area contributed by atoms with Crippen molar-refractivity contribution in [1.29, 1.82) is 0 Å². The quantitative estimate of drug-likeness (QED) is 0.746. The van der Waals surface area contributed by atoms with E-state index in [2.05, 4.69) is 15.6 Å². The third-order valence-electron chi connectivity index (χ3n) is 4.37. The van der Waals surface area contributed by atoms with Gasteiger partial charge in [0.25, 0.3) is 0 Å². The molecule has 0 bridgehead atoms. The van der Waals surface area contributed by atoms with Crippen LogP contribution in [0.3, 0.4) is 0 Å². The normalized spacial score (nSPS) is 25.5. The first-order chi connectivity index (χ1) is 11.6. The van der Waals surface area contributed by atoms with Crippen LogP contribution in [0.2, 0.25) is 0 Å². The Labute approximate surface area is 146 Å². The van der Waals surface area contributed by atoms with Gasteiger partial charge in [0.05, 0.1) is 11.3 Å². The summed E-state index contributed by atoms with van der Waals surface area (Å²) < 4.78 is 26.9. The molecule has 2 saturated heterocycles. The molecule has 0 spiro atoms. The summed E-state index contributed by atoms with van der Waals surface area (Å²) in [7, 11) is -3.33. The summed E-state index contributed by atoms with van der Waals surface area (Å²) in [6.45, 7) is 1.89. The van der Waals surface area contributed by atoms with E-state index in [1.165, 1.54) is 0 Å². The van der Waals surface area contributed by atoms with Crippen molar-refractivity contribution >= 4 is 27.7 Å². The Morgan fingerprint density at radius 2 is 2.04 bits per heavy atom. The van der Waals surface area contributed by atoms with Crippen molar-refractivity contribution in [2.24, 2.45) is 0 Å². The van der Waals surface area contributed by atoms with E-state index < -0.39 is 21.3 Å². The van der Waals surface area contributed by atoms with Crippen LogP contribution in [0.4, 0.5) is 0 Å². The summed E-state index contributed by atoms with van der Waals surface area (Å²) in [5.74, 6) is 1.53. The van der Waals surface area contributed by atoms with Crippen molar-refractivity contribution in [2.75, 3.05) is 31.1 Å². The summed E-state index contributed by atoms with van der Waals surface area (Å²) in [5.41, 5.74) is 0.964. The molecule has 2 atom stereocenters. The van der Waals surface area contributed by atoms with Crippen LogP contribution in [0.5, 0.6) is 0 Å². The zero-order chi connectivity index (χ0) is 17.0. The molecular weight excluding hydrogens is 348 g/mol. The fraction of sp³-hybridized carbons (Fsp3) is 0.600. The van der Waals surface area contributed by atoms with Crippen LogP contribution >= 0.6 is 11.8 Å². The summed E-state index contributed by atoms with van der Waals surface area (Å²) in [6.07, 6.45) is 3.68. The van der Waals surface area contributed by atoms with Crippen LogP contribution in [0.1, 0.15) is 12.0 Å². The van der Waals surface area contributed by atoms with Crippen molar-refractivity contribution in [3.8, 4) is 0 Å². The lowest BCUT2D eigenvalue weighted by Gasteiger charge is -2.28. The van der Waals surface area contributed by atoms with E-state index in [1.807, 2.05) is 12.1 Å². The highest BCUT2D eigenvalue weighted by atomic mass is 32.2. The molecule has 2 N–H and O–H groups in total. The van der Waals surface area contributed by atoms with Crippen LogP contribution in [0.25, 0.3) is 0 Å². The van der Waals surface area contributed by atoms with E-state index in [9.17, 15) is 13.2 Å². The first kappa shape index (κ1) is 17.7. The van der Waals surface area contributed by atoms with Gasteiger partial charge in [0.15, 0.2) is 0 Å². The minimum absolute atomic E-state index is 0.154. The number of thioether (sulfide) groups is 1. The highest BCUT2D eigenvalue weighted by Crippen LogP contribution is 2.22. The van der Waals surface area contributed by atoms with Crippen LogP contribution in [-0.2, 0) is 21.4 Å². The maximum absolute atomic E-state index is 12.7. The minimum atomic E-state index is -3.33. The van der Waals surface area contributed by atoms with Crippen molar-refractivity contribution in [3.63, 3.8) is 0 Å². The molecule has 2 aliphatic rings. The fourth-order valence-electron chi connectivity index (χ4n) is 2.95. The van der Waals surface area contributed by atoms with Crippen LogP contribution in [0.15, 0.2) is 24.5 Å². The molecular formula is C15H22N4O3S2. The van der Waals surface area contributed by atoms with E-state index in [1.54, 1.807) is 28.5 Å². The molecule has 0 saturated carbocycles. The molecule has 3 rings (SSSR count). The lowest BCUT2D eigenvalue weighted by Crippen LogP contribution is -2.44. The Morgan fingerprint density at radius 3 is 2.75 bits per heavy atom. The second kappa shape index (κ2) is 7.81. The average molecular weight is 371 g/mol. The Hall–Kier alpha value is -1.16. The van der Waals surface area contributed by atoms with Gasteiger partial charge in [-0.25, -0.2) is 8.42 Å². The molecule has 0 aliphatic carbocycles. The van der Waals surface area contributed by atoms with E-state index in [4.69, 9.17) is 0 Å². The maximum Gasteiger partial charge on any atom is 0.237 e. The number of hydrogen-bond acceptors (Lipinski definition) is 6. The number of aromatic nitrogens is 1. The third-order valence-corrected chi connectivity index (χ3v) is 7.60. The number of sulfonamides is 1. The van der Waals surface area contributed by atoms with Gasteiger partial charge < -0.3 is 10.6 Å². The average Bonchev–Trinajstić information content (AvgIpc) is 3.12. The lowest BCUT2D eigenvalue weighted by atomic mass is 10.2. The standard InChI is InChI=1S/C15H22N4O3S2/c20-15(18-10-12-1-3-16-4-2-12)14-9-13(11-17-14)24(21,22)19-5-7-23-8-6-19/h1-4,13-14,17H,5-11H2,(H,18,20). The van der Waals surface area contributed by atoms with E-state index in [0.29, 0.717) is 32.6 Å². The van der Waals surface area contributed by atoms with Gasteiger partial charge >= 0.3 is 0 Å². The second-order valence-electron chi connectivity index (χ2n) is 5.95. The summed E-state index contributed by atoms with van der Waals surface area (Å²) in [6, 6.07) is 3.22. The van der Waals surface area contributed by atoms with Gasteiger partial charge in [0.1, 0.15) is 0 Å². The molecule has 2 unspecified atom stereocenters. The largest absolute Gasteiger partial charge is 0.351 e.